The first kappa shape index (κ1) is 20.5. The first-order valence-electron chi connectivity index (χ1n) is 10.5. The first-order valence-corrected chi connectivity index (χ1v) is 9.97. The Labute approximate surface area is 188 Å². The van der Waals surface area contributed by atoms with E-state index in [2.05, 4.69) is 20.6 Å². The van der Waals surface area contributed by atoms with Gasteiger partial charge >= 0.3 is 17.5 Å². The fourth-order valence-electron chi connectivity index (χ4n) is 3.64. The number of aromatic amines is 1. The Balaban J connectivity index is 1.53. The van der Waals surface area contributed by atoms with E-state index >= 15 is 0 Å². The number of carboxylic acid groups (broad SMARTS) is 2. The van der Waals surface area contributed by atoms with Crippen molar-refractivity contribution in [3.63, 3.8) is 0 Å². The molecule has 2 aromatic rings. The molecule has 0 saturated heterocycles. The lowest BCUT2D eigenvalue weighted by Crippen LogP contribution is -2.41. The zero-order valence-electron chi connectivity index (χ0n) is 18.2. The number of carbonyl (C=O) groups is 3. The third kappa shape index (κ3) is 4.46. The molecule has 13 heteroatoms. The van der Waals surface area contributed by atoms with Crippen molar-refractivity contribution in [3.8, 4) is 0 Å². The maximum Gasteiger partial charge on any atom is 0.326 e. The lowest BCUT2D eigenvalue weighted by Gasteiger charge is -2.20. The Morgan fingerprint density at radius 2 is 2.06 bits per heavy atom. The van der Waals surface area contributed by atoms with E-state index in [1.165, 1.54) is 16.7 Å². The number of nitrogens with zero attached hydrogens (tertiary/aromatic N) is 3. The summed E-state index contributed by atoms with van der Waals surface area (Å²) in [7, 11) is 0. The number of nitrogens with two attached hydrogens (primary N) is 1. The van der Waals surface area contributed by atoms with Crippen LogP contribution in [0.25, 0.3) is 0 Å². The lowest BCUT2D eigenvalue weighted by atomic mass is 10.1. The second-order valence-electron chi connectivity index (χ2n) is 7.53. The van der Waals surface area contributed by atoms with E-state index in [1.54, 1.807) is 23.4 Å². The average molecular weight is 457 g/mol. The van der Waals surface area contributed by atoms with Crippen molar-refractivity contribution < 1.29 is 30.5 Å². The Hall–Kier alpha value is -4.42. The monoisotopic (exact) mass is 457 g/mol. The van der Waals surface area contributed by atoms with Crippen molar-refractivity contribution in [2.24, 2.45) is 0 Å². The molecule has 2 atom stereocenters. The predicted octanol–water partition coefficient (Wildman–Crippen LogP) is -0.613. The van der Waals surface area contributed by atoms with E-state index in [1.807, 2.05) is 0 Å². The van der Waals surface area contributed by atoms with Crippen molar-refractivity contribution in [3.05, 3.63) is 40.2 Å². The van der Waals surface area contributed by atoms with Gasteiger partial charge in [0.25, 0.3) is 5.91 Å². The van der Waals surface area contributed by atoms with Crippen molar-refractivity contribution in [2.75, 3.05) is 29.0 Å². The van der Waals surface area contributed by atoms with Crippen molar-refractivity contribution in [1.82, 2.24) is 15.3 Å². The molecule has 0 unspecified atom stereocenters. The van der Waals surface area contributed by atoms with Crippen LogP contribution in [0, 0.1) is 0 Å². The van der Waals surface area contributed by atoms with Gasteiger partial charge in [0, 0.05) is 12.0 Å². The van der Waals surface area contributed by atoms with E-state index in [0.717, 1.165) is 0 Å². The van der Waals surface area contributed by atoms with Gasteiger partial charge in [-0.15, -0.1) is 0 Å². The van der Waals surface area contributed by atoms with Gasteiger partial charge in [-0.25, -0.2) is 14.3 Å². The average Bonchev–Trinajstić information content (AvgIpc) is 3.13. The lowest BCUT2D eigenvalue weighted by molar-refractivity contribution is -0.468. The minimum atomic E-state index is -1.33. The number of hydrogen-bond donors (Lipinski definition) is 6. The van der Waals surface area contributed by atoms with Gasteiger partial charge in [-0.1, -0.05) is 0 Å². The fourth-order valence-corrected chi connectivity index (χ4v) is 3.64. The molecule has 4 rings (SSSR count). The predicted molar refractivity (Wildman–Crippen MR) is 117 cm³/mol. The molecular formula is C20H22N7O6+. The zero-order chi connectivity index (χ0) is 24.6. The summed E-state index contributed by atoms with van der Waals surface area (Å²) in [6.07, 6.45) is 0.976. The molecule has 172 valence electrons. The summed E-state index contributed by atoms with van der Waals surface area (Å²) in [5.74, 6) is -2.89. The van der Waals surface area contributed by atoms with E-state index in [4.69, 9.17) is 12.2 Å². The molecule has 1 amide bonds. The van der Waals surface area contributed by atoms with Crippen LogP contribution in [0.4, 0.5) is 23.1 Å². The topological polar surface area (TPSA) is 194 Å². The van der Waals surface area contributed by atoms with Crippen LogP contribution in [-0.2, 0) is 9.59 Å². The van der Waals surface area contributed by atoms with Gasteiger partial charge in [-0.3, -0.25) is 19.4 Å². The number of fused-ring (bicyclic) bond motifs is 3. The standard InChI is InChI=1S/C20H21N7O6/c21-20-24-16-15(18(31)25-20)27-9-26(8-12(27)7-22-16)11-3-1-10(2-4-11)17(30)23-13(19(32)33)5-6-14(28)29/h1-4,9,12-13H,5-8H2,(H6-,21,22,23,24,25,28,29,30,31,32,33)/p+1/t12-,13-/m0/s1/i12D. The second-order valence-corrected chi connectivity index (χ2v) is 7.53. The Morgan fingerprint density at radius 3 is 2.73 bits per heavy atom. The van der Waals surface area contributed by atoms with Crippen LogP contribution >= 0.6 is 0 Å². The van der Waals surface area contributed by atoms with Crippen LogP contribution in [0.1, 0.15) is 24.6 Å². The fraction of sp³-hybridized carbons (Fsp3) is 0.300. The smallest absolute Gasteiger partial charge is 0.326 e. The summed E-state index contributed by atoms with van der Waals surface area (Å²) in [4.78, 5) is 55.2. The summed E-state index contributed by atoms with van der Waals surface area (Å²) < 4.78 is 10.3. The highest BCUT2D eigenvalue weighted by Crippen LogP contribution is 2.28. The van der Waals surface area contributed by atoms with Crippen LogP contribution in [0.3, 0.4) is 0 Å². The van der Waals surface area contributed by atoms with Gasteiger partial charge in [0.05, 0.1) is 7.92 Å². The first-order chi connectivity index (χ1) is 16.1. The third-order valence-corrected chi connectivity index (χ3v) is 5.27. The molecule has 13 nitrogen and oxygen atoms in total. The van der Waals surface area contributed by atoms with Crippen LogP contribution < -0.4 is 26.8 Å². The molecule has 0 saturated carbocycles. The highest BCUT2D eigenvalue weighted by atomic mass is 16.4. The molecule has 3 heterocycles. The number of hydrogen-bond acceptors (Lipinski definition) is 8. The SMILES string of the molecule is [2H][C@@]12CNc3nc(N)[nH]c(=O)c3[N+]1=CN(c1ccc(C(=O)N[C@@H](CCC(=O)O)C(=O)O)cc1)C2. The number of benzene rings is 1. The molecule has 7 N–H and O–H groups in total. The van der Waals surface area contributed by atoms with Crippen molar-refractivity contribution in [1.29, 1.82) is 0 Å². The minimum absolute atomic E-state index is 0.0354. The number of H-pyrrole nitrogens is 1. The van der Waals surface area contributed by atoms with Crippen LogP contribution in [0.5, 0.6) is 0 Å². The summed E-state index contributed by atoms with van der Waals surface area (Å²) in [6, 6.07) is 3.71. The summed E-state index contributed by atoms with van der Waals surface area (Å²) in [5, 5.41) is 23.3. The number of amides is 1. The molecule has 0 aliphatic carbocycles. The van der Waals surface area contributed by atoms with E-state index < -0.39 is 41.9 Å². The maximum absolute atomic E-state index is 12.5. The van der Waals surface area contributed by atoms with E-state index in [0.29, 0.717) is 5.69 Å². The molecule has 2 aliphatic heterocycles. The van der Waals surface area contributed by atoms with Gasteiger partial charge < -0.3 is 26.6 Å². The zero-order valence-corrected chi connectivity index (χ0v) is 17.2. The van der Waals surface area contributed by atoms with E-state index in [9.17, 15) is 24.3 Å². The summed E-state index contributed by atoms with van der Waals surface area (Å²) in [5.41, 5.74) is 6.12. The van der Waals surface area contributed by atoms with Crippen molar-refractivity contribution in [2.45, 2.75) is 24.9 Å². The normalized spacial score (nSPS) is 19.9. The molecule has 1 aromatic heterocycles. The molecule has 0 fully saturated rings. The van der Waals surface area contributed by atoms with Gasteiger partial charge in [0.2, 0.25) is 18.0 Å². The highest BCUT2D eigenvalue weighted by Gasteiger charge is 2.39. The minimum Gasteiger partial charge on any atom is -0.481 e. The third-order valence-electron chi connectivity index (χ3n) is 5.27. The Bertz CT molecular complexity index is 1260. The quantitative estimate of drug-likeness (QED) is 0.292. The van der Waals surface area contributed by atoms with Crippen molar-refractivity contribution >= 4 is 47.3 Å². The number of carbonyl (C=O) groups excluding carboxylic acids is 1. The van der Waals surface area contributed by atoms with Gasteiger partial charge in [-0.2, -0.15) is 4.98 Å². The molecule has 0 spiro atoms. The number of aromatic nitrogens is 2. The largest absolute Gasteiger partial charge is 0.481 e. The number of nitrogen functional groups attached to an aromatic ring is 1. The maximum atomic E-state index is 12.5. The summed E-state index contributed by atoms with van der Waals surface area (Å²) in [6.45, 7) is 0.404. The number of aliphatic carboxylic acids is 2. The van der Waals surface area contributed by atoms with Crippen LogP contribution in [0.15, 0.2) is 29.1 Å². The summed E-state index contributed by atoms with van der Waals surface area (Å²) >= 11 is 0. The number of rotatable bonds is 7. The highest BCUT2D eigenvalue weighted by molar-refractivity contribution is 5.97. The number of carboxylic acids is 2. The number of anilines is 3. The second kappa shape index (κ2) is 8.61. The molecule has 2 aliphatic rings. The molecule has 1 aromatic carbocycles. The Kier molecular flexibility index (Phi) is 5.34. The van der Waals surface area contributed by atoms with Gasteiger partial charge in [-0.05, 0) is 30.7 Å². The molecule has 0 radical (unpaired) electrons. The van der Waals surface area contributed by atoms with Gasteiger partial charge in [0.15, 0.2) is 11.8 Å². The molecular weight excluding hydrogens is 434 g/mol. The molecule has 0 bridgehead atoms. The van der Waals surface area contributed by atoms with Crippen LogP contribution in [-0.4, -0.2) is 74.1 Å². The molecule has 33 heavy (non-hydrogen) atoms. The number of nitrogens with one attached hydrogen (secondary N) is 3. The van der Waals surface area contributed by atoms with Gasteiger partial charge in [0.1, 0.15) is 18.3 Å². The van der Waals surface area contributed by atoms with E-state index in [-0.39, 0.29) is 42.5 Å². The Morgan fingerprint density at radius 1 is 1.33 bits per heavy atom. The van der Waals surface area contributed by atoms with Crippen LogP contribution in [0.2, 0.25) is 0 Å².